The van der Waals surface area contributed by atoms with Crippen LogP contribution in [-0.4, -0.2) is 11.6 Å². The zero-order valence-corrected chi connectivity index (χ0v) is 15.2. The number of aryl methyl sites for hydroxylation is 1. The van der Waals surface area contributed by atoms with Crippen LogP contribution in [0.1, 0.15) is 57.4 Å². The van der Waals surface area contributed by atoms with Gasteiger partial charge in [-0.3, -0.25) is 4.98 Å². The SMILES string of the molecule is CCCCCCCCCOc1ccc(-c2ccc(C)cn2)c(F)c1F. The average molecular weight is 347 g/mol. The van der Waals surface area contributed by atoms with Crippen LogP contribution in [0, 0.1) is 18.6 Å². The second-order valence-corrected chi connectivity index (χ2v) is 6.43. The van der Waals surface area contributed by atoms with Crippen molar-refractivity contribution < 1.29 is 13.5 Å². The van der Waals surface area contributed by atoms with E-state index in [1.165, 1.54) is 37.8 Å². The summed E-state index contributed by atoms with van der Waals surface area (Å²) in [5.74, 6) is -1.88. The highest BCUT2D eigenvalue weighted by molar-refractivity contribution is 5.61. The molecule has 0 aliphatic rings. The van der Waals surface area contributed by atoms with Gasteiger partial charge in [-0.2, -0.15) is 4.39 Å². The number of nitrogens with zero attached hydrogens (tertiary/aromatic N) is 1. The van der Waals surface area contributed by atoms with Crippen molar-refractivity contribution in [2.45, 2.75) is 58.8 Å². The minimum absolute atomic E-state index is 0.0284. The van der Waals surface area contributed by atoms with Gasteiger partial charge >= 0.3 is 0 Å². The molecule has 1 aromatic carbocycles. The normalized spacial score (nSPS) is 10.9. The van der Waals surface area contributed by atoms with Crippen LogP contribution in [0.2, 0.25) is 0 Å². The molecule has 0 radical (unpaired) electrons. The number of rotatable bonds is 10. The maximum absolute atomic E-state index is 14.3. The molecule has 0 amide bonds. The van der Waals surface area contributed by atoms with E-state index in [-0.39, 0.29) is 11.3 Å². The maximum Gasteiger partial charge on any atom is 0.201 e. The van der Waals surface area contributed by atoms with Crippen LogP contribution >= 0.6 is 0 Å². The Balaban J connectivity index is 1.86. The van der Waals surface area contributed by atoms with Crippen LogP contribution in [0.4, 0.5) is 8.78 Å². The average Bonchev–Trinajstić information content (AvgIpc) is 2.62. The first kappa shape index (κ1) is 19.4. The first-order valence-corrected chi connectivity index (χ1v) is 9.17. The van der Waals surface area contributed by atoms with Crippen molar-refractivity contribution in [1.82, 2.24) is 4.98 Å². The monoisotopic (exact) mass is 347 g/mol. The fourth-order valence-electron chi connectivity index (χ4n) is 2.71. The highest BCUT2D eigenvalue weighted by atomic mass is 19.2. The molecule has 0 spiro atoms. The molecule has 0 bridgehead atoms. The Morgan fingerprint density at radius 3 is 2.28 bits per heavy atom. The molecular weight excluding hydrogens is 320 g/mol. The third-order valence-electron chi connectivity index (χ3n) is 4.24. The van der Waals surface area contributed by atoms with Crippen LogP contribution in [-0.2, 0) is 0 Å². The van der Waals surface area contributed by atoms with E-state index < -0.39 is 11.6 Å². The van der Waals surface area contributed by atoms with Crippen LogP contribution in [0.15, 0.2) is 30.5 Å². The molecule has 2 rings (SSSR count). The molecule has 0 saturated carbocycles. The number of ether oxygens (including phenoxy) is 1. The van der Waals surface area contributed by atoms with Gasteiger partial charge in [-0.05, 0) is 37.1 Å². The lowest BCUT2D eigenvalue weighted by Gasteiger charge is -2.10. The maximum atomic E-state index is 14.3. The van der Waals surface area contributed by atoms with E-state index in [0.29, 0.717) is 12.3 Å². The zero-order chi connectivity index (χ0) is 18.1. The van der Waals surface area contributed by atoms with Gasteiger partial charge < -0.3 is 4.74 Å². The highest BCUT2D eigenvalue weighted by Gasteiger charge is 2.16. The minimum Gasteiger partial charge on any atom is -0.490 e. The van der Waals surface area contributed by atoms with Crippen molar-refractivity contribution in [3.63, 3.8) is 0 Å². The fraction of sp³-hybridized carbons (Fsp3) is 0.476. The quantitative estimate of drug-likeness (QED) is 0.460. The predicted octanol–water partition coefficient (Wildman–Crippen LogP) is 6.46. The number of pyridine rings is 1. The molecule has 0 aliphatic carbocycles. The Labute approximate surface area is 149 Å². The van der Waals surface area contributed by atoms with Crippen molar-refractivity contribution in [3.8, 4) is 17.0 Å². The molecule has 0 fully saturated rings. The van der Waals surface area contributed by atoms with Crippen molar-refractivity contribution in [3.05, 3.63) is 47.7 Å². The summed E-state index contributed by atoms with van der Waals surface area (Å²) >= 11 is 0. The topological polar surface area (TPSA) is 22.1 Å². The predicted molar refractivity (Wildman–Crippen MR) is 97.8 cm³/mol. The van der Waals surface area contributed by atoms with Gasteiger partial charge in [-0.15, -0.1) is 0 Å². The molecular formula is C21H27F2NO. The third kappa shape index (κ3) is 5.80. The summed E-state index contributed by atoms with van der Waals surface area (Å²) in [5.41, 5.74) is 1.54. The second kappa shape index (κ2) is 10.1. The van der Waals surface area contributed by atoms with E-state index in [2.05, 4.69) is 11.9 Å². The smallest absolute Gasteiger partial charge is 0.201 e. The van der Waals surface area contributed by atoms with Gasteiger partial charge in [0.2, 0.25) is 5.82 Å². The van der Waals surface area contributed by atoms with Crippen LogP contribution in [0.5, 0.6) is 5.75 Å². The zero-order valence-electron chi connectivity index (χ0n) is 15.2. The first-order valence-electron chi connectivity index (χ1n) is 9.17. The lowest BCUT2D eigenvalue weighted by molar-refractivity contribution is 0.285. The summed E-state index contributed by atoms with van der Waals surface area (Å²) in [7, 11) is 0. The Kier molecular flexibility index (Phi) is 7.83. The molecule has 0 aliphatic heterocycles. The summed E-state index contributed by atoms with van der Waals surface area (Å²) < 4.78 is 33.9. The molecule has 2 aromatic rings. The molecule has 0 saturated heterocycles. The molecule has 25 heavy (non-hydrogen) atoms. The van der Waals surface area contributed by atoms with Crippen LogP contribution in [0.3, 0.4) is 0 Å². The van der Waals surface area contributed by atoms with Gasteiger partial charge in [0.15, 0.2) is 11.6 Å². The highest BCUT2D eigenvalue weighted by Crippen LogP contribution is 2.29. The molecule has 1 aromatic heterocycles. The summed E-state index contributed by atoms with van der Waals surface area (Å²) in [6.07, 6.45) is 9.73. The molecule has 0 atom stereocenters. The third-order valence-corrected chi connectivity index (χ3v) is 4.24. The number of halogens is 2. The lowest BCUT2D eigenvalue weighted by atomic mass is 10.1. The van der Waals surface area contributed by atoms with E-state index in [1.54, 1.807) is 12.3 Å². The standard InChI is InChI=1S/C21H27F2NO/c1-3-4-5-6-7-8-9-14-25-19-13-11-17(20(22)21(19)23)18-12-10-16(2)15-24-18/h10-13,15H,3-9,14H2,1-2H3. The van der Waals surface area contributed by atoms with E-state index in [4.69, 9.17) is 4.74 Å². The van der Waals surface area contributed by atoms with Crippen molar-refractivity contribution in [2.75, 3.05) is 6.61 Å². The Morgan fingerprint density at radius 1 is 0.880 bits per heavy atom. The number of aromatic nitrogens is 1. The fourth-order valence-corrected chi connectivity index (χ4v) is 2.71. The molecule has 2 nitrogen and oxygen atoms in total. The van der Waals surface area contributed by atoms with Gasteiger partial charge in [0.25, 0.3) is 0 Å². The van der Waals surface area contributed by atoms with Crippen LogP contribution < -0.4 is 4.74 Å². The first-order chi connectivity index (χ1) is 12.1. The largest absolute Gasteiger partial charge is 0.490 e. The Morgan fingerprint density at radius 2 is 1.60 bits per heavy atom. The van der Waals surface area contributed by atoms with Gasteiger partial charge in [-0.25, -0.2) is 4.39 Å². The summed E-state index contributed by atoms with van der Waals surface area (Å²) in [6.45, 7) is 4.50. The lowest BCUT2D eigenvalue weighted by Crippen LogP contribution is -2.02. The molecule has 4 heteroatoms. The van der Waals surface area contributed by atoms with Crippen molar-refractivity contribution >= 4 is 0 Å². The van der Waals surface area contributed by atoms with Crippen molar-refractivity contribution in [2.24, 2.45) is 0 Å². The summed E-state index contributed by atoms with van der Waals surface area (Å²) in [4.78, 5) is 4.15. The molecule has 136 valence electrons. The minimum atomic E-state index is -0.942. The number of benzene rings is 1. The van der Waals surface area contributed by atoms with Crippen molar-refractivity contribution in [1.29, 1.82) is 0 Å². The van der Waals surface area contributed by atoms with E-state index in [9.17, 15) is 8.78 Å². The van der Waals surface area contributed by atoms with Gasteiger partial charge in [0.1, 0.15) is 0 Å². The van der Waals surface area contributed by atoms with E-state index in [1.807, 2.05) is 13.0 Å². The number of hydrogen-bond acceptors (Lipinski definition) is 2. The van der Waals surface area contributed by atoms with Gasteiger partial charge in [0, 0.05) is 11.8 Å². The molecule has 1 heterocycles. The summed E-state index contributed by atoms with van der Waals surface area (Å²) in [6, 6.07) is 6.52. The number of hydrogen-bond donors (Lipinski definition) is 0. The van der Waals surface area contributed by atoms with Gasteiger partial charge in [0.05, 0.1) is 12.3 Å². The van der Waals surface area contributed by atoms with Crippen LogP contribution in [0.25, 0.3) is 11.3 Å². The van der Waals surface area contributed by atoms with Gasteiger partial charge in [-0.1, -0.05) is 51.5 Å². The Bertz CT molecular complexity index is 656. The van der Waals surface area contributed by atoms with E-state index >= 15 is 0 Å². The molecule has 0 N–H and O–H groups in total. The Hall–Kier alpha value is -1.97. The molecule has 0 unspecified atom stereocenters. The number of unbranched alkanes of at least 4 members (excludes halogenated alkanes) is 6. The summed E-state index contributed by atoms with van der Waals surface area (Å²) in [5, 5.41) is 0. The second-order valence-electron chi connectivity index (χ2n) is 6.43. The van der Waals surface area contributed by atoms with E-state index in [0.717, 1.165) is 24.8 Å².